The molecule has 0 saturated heterocycles. The van der Waals surface area contributed by atoms with E-state index in [-0.39, 0.29) is 22.4 Å². The summed E-state index contributed by atoms with van der Waals surface area (Å²) in [4.78, 5) is 4.55. The molecule has 0 spiro atoms. The molecule has 2 aromatic heterocycles. The van der Waals surface area contributed by atoms with Crippen molar-refractivity contribution in [3.8, 4) is 28.4 Å². The van der Waals surface area contributed by atoms with Gasteiger partial charge in [0.1, 0.15) is 0 Å². The number of fused-ring (bicyclic) bond motifs is 1. The predicted molar refractivity (Wildman–Crippen MR) is 107 cm³/mol. The molecule has 0 atom stereocenters. The molecule has 0 fully saturated rings. The van der Waals surface area contributed by atoms with Crippen molar-refractivity contribution in [2.45, 2.75) is 13.1 Å². The van der Waals surface area contributed by atoms with E-state index in [9.17, 15) is 13.2 Å². The van der Waals surface area contributed by atoms with Crippen molar-refractivity contribution in [2.24, 2.45) is 0 Å². The molecule has 4 rings (SSSR count). The molecule has 5 nitrogen and oxygen atoms in total. The summed E-state index contributed by atoms with van der Waals surface area (Å²) < 4.78 is 53.8. The van der Waals surface area contributed by atoms with Crippen molar-refractivity contribution in [1.82, 2.24) is 14.8 Å². The van der Waals surface area contributed by atoms with E-state index in [4.69, 9.17) is 9.47 Å². The maximum absolute atomic E-state index is 14.0. The first-order chi connectivity index (χ1) is 14.3. The van der Waals surface area contributed by atoms with Gasteiger partial charge in [-0.3, -0.25) is 0 Å². The van der Waals surface area contributed by atoms with Gasteiger partial charge in [-0.2, -0.15) is 18.3 Å². The second kappa shape index (κ2) is 7.37. The number of hydrogen-bond donors (Lipinski definition) is 0. The molecule has 0 aliphatic carbocycles. The highest BCUT2D eigenvalue weighted by Gasteiger charge is 2.36. The zero-order valence-corrected chi connectivity index (χ0v) is 16.5. The van der Waals surface area contributed by atoms with Gasteiger partial charge in [-0.25, -0.2) is 9.67 Å². The second-order valence-corrected chi connectivity index (χ2v) is 6.65. The van der Waals surface area contributed by atoms with Gasteiger partial charge in [0.25, 0.3) is 0 Å². The van der Waals surface area contributed by atoms with Crippen LogP contribution in [0.4, 0.5) is 13.2 Å². The van der Waals surface area contributed by atoms with E-state index < -0.39 is 11.7 Å². The number of ether oxygens (including phenoxy) is 2. The molecule has 4 aromatic rings. The second-order valence-electron chi connectivity index (χ2n) is 6.65. The molecular formula is C22H18F3N3O2. The van der Waals surface area contributed by atoms with Crippen LogP contribution in [0.5, 0.6) is 11.5 Å². The SMILES string of the molecule is COc1ccc(-c2cc(C(F)(F)F)c3c(C)nn(-c4ccccc4)c3n2)cc1OC. The van der Waals surface area contributed by atoms with Gasteiger partial charge >= 0.3 is 6.18 Å². The van der Waals surface area contributed by atoms with Gasteiger partial charge in [0.2, 0.25) is 0 Å². The molecule has 0 saturated carbocycles. The van der Waals surface area contributed by atoms with E-state index >= 15 is 0 Å². The third kappa shape index (κ3) is 3.34. The first-order valence-electron chi connectivity index (χ1n) is 9.09. The quantitative estimate of drug-likeness (QED) is 0.448. The summed E-state index contributed by atoms with van der Waals surface area (Å²) in [6.07, 6.45) is -4.57. The fraction of sp³-hybridized carbons (Fsp3) is 0.182. The largest absolute Gasteiger partial charge is 0.493 e. The molecule has 0 unspecified atom stereocenters. The minimum Gasteiger partial charge on any atom is -0.493 e. The minimum absolute atomic E-state index is 0.0180. The number of nitrogens with zero attached hydrogens (tertiary/aromatic N) is 3. The standard InChI is InChI=1S/C22H18F3N3O2/c1-13-20-16(22(23,24)25)12-17(14-9-10-18(29-2)19(11-14)30-3)26-21(20)28(27-13)15-7-5-4-6-8-15/h4-12H,1-3H3. The van der Waals surface area contributed by atoms with Crippen molar-refractivity contribution in [2.75, 3.05) is 14.2 Å². The zero-order chi connectivity index (χ0) is 21.5. The number of aryl methyl sites for hydroxylation is 1. The van der Waals surface area contributed by atoms with Gasteiger partial charge in [-0.1, -0.05) is 18.2 Å². The van der Waals surface area contributed by atoms with Gasteiger partial charge < -0.3 is 9.47 Å². The topological polar surface area (TPSA) is 49.2 Å². The third-order valence-corrected chi connectivity index (χ3v) is 4.80. The molecule has 154 valence electrons. The molecule has 2 aromatic carbocycles. The summed E-state index contributed by atoms with van der Waals surface area (Å²) in [6, 6.07) is 14.9. The number of benzene rings is 2. The number of halogens is 3. The summed E-state index contributed by atoms with van der Waals surface area (Å²) in [5.74, 6) is 0.877. The highest BCUT2D eigenvalue weighted by molar-refractivity contribution is 5.87. The predicted octanol–water partition coefficient (Wildman–Crippen LogP) is 5.43. The van der Waals surface area contributed by atoms with E-state index in [1.165, 1.54) is 18.9 Å². The van der Waals surface area contributed by atoms with Crippen molar-refractivity contribution >= 4 is 11.0 Å². The maximum atomic E-state index is 14.0. The Bertz CT molecular complexity index is 1220. The number of alkyl halides is 3. The number of rotatable bonds is 4. The molecule has 30 heavy (non-hydrogen) atoms. The molecular weight excluding hydrogens is 395 g/mol. The number of methoxy groups -OCH3 is 2. The van der Waals surface area contributed by atoms with Crippen LogP contribution in [0, 0.1) is 6.92 Å². The van der Waals surface area contributed by atoms with Crippen LogP contribution in [0.2, 0.25) is 0 Å². The Kier molecular flexibility index (Phi) is 4.85. The highest BCUT2D eigenvalue weighted by atomic mass is 19.4. The Morgan fingerprint density at radius 3 is 2.23 bits per heavy atom. The normalized spacial score (nSPS) is 11.7. The highest BCUT2D eigenvalue weighted by Crippen LogP contribution is 2.40. The average Bonchev–Trinajstić information content (AvgIpc) is 3.09. The Hall–Kier alpha value is -3.55. The van der Waals surface area contributed by atoms with Gasteiger partial charge in [-0.15, -0.1) is 0 Å². The van der Waals surface area contributed by atoms with Crippen molar-refractivity contribution in [1.29, 1.82) is 0 Å². The molecule has 8 heteroatoms. The summed E-state index contributed by atoms with van der Waals surface area (Å²) in [6.45, 7) is 1.55. The van der Waals surface area contributed by atoms with Gasteiger partial charge in [0.15, 0.2) is 17.1 Å². The number of hydrogen-bond acceptors (Lipinski definition) is 4. The fourth-order valence-electron chi connectivity index (χ4n) is 3.41. The monoisotopic (exact) mass is 413 g/mol. The Morgan fingerprint density at radius 2 is 1.60 bits per heavy atom. The van der Waals surface area contributed by atoms with Crippen LogP contribution in [0.3, 0.4) is 0 Å². The lowest BCUT2D eigenvalue weighted by Gasteiger charge is -2.13. The molecule has 0 N–H and O–H groups in total. The van der Waals surface area contributed by atoms with Crippen LogP contribution >= 0.6 is 0 Å². The van der Waals surface area contributed by atoms with Crippen LogP contribution in [0.1, 0.15) is 11.3 Å². The van der Waals surface area contributed by atoms with Gasteiger partial charge in [0.05, 0.1) is 42.2 Å². The minimum atomic E-state index is -4.57. The Labute approximate surface area is 170 Å². The summed E-state index contributed by atoms with van der Waals surface area (Å²) in [5, 5.41) is 4.32. The maximum Gasteiger partial charge on any atom is 0.417 e. The van der Waals surface area contributed by atoms with Crippen molar-refractivity contribution in [3.63, 3.8) is 0 Å². The number of para-hydroxylation sites is 1. The fourth-order valence-corrected chi connectivity index (χ4v) is 3.41. The number of aromatic nitrogens is 3. The molecule has 0 amide bonds. The summed E-state index contributed by atoms with van der Waals surface area (Å²) in [7, 11) is 2.96. The number of pyridine rings is 1. The van der Waals surface area contributed by atoms with Gasteiger partial charge in [0, 0.05) is 5.56 Å². The average molecular weight is 413 g/mol. The van der Waals surface area contributed by atoms with Crippen molar-refractivity contribution in [3.05, 3.63) is 65.9 Å². The van der Waals surface area contributed by atoms with E-state index in [1.54, 1.807) is 49.4 Å². The smallest absolute Gasteiger partial charge is 0.417 e. The Morgan fingerprint density at radius 1 is 0.900 bits per heavy atom. The van der Waals surface area contributed by atoms with E-state index in [2.05, 4.69) is 10.1 Å². The molecule has 0 radical (unpaired) electrons. The van der Waals surface area contributed by atoms with Crippen LogP contribution < -0.4 is 9.47 Å². The lowest BCUT2D eigenvalue weighted by Crippen LogP contribution is -2.08. The summed E-state index contributed by atoms with van der Waals surface area (Å²) >= 11 is 0. The van der Waals surface area contributed by atoms with E-state index in [0.717, 1.165) is 6.07 Å². The zero-order valence-electron chi connectivity index (χ0n) is 16.5. The molecule has 2 heterocycles. The first kappa shape index (κ1) is 19.8. The first-order valence-corrected chi connectivity index (χ1v) is 9.09. The van der Waals surface area contributed by atoms with Crippen LogP contribution in [-0.4, -0.2) is 29.0 Å². The third-order valence-electron chi connectivity index (χ3n) is 4.80. The Balaban J connectivity index is 2.03. The lowest BCUT2D eigenvalue weighted by molar-refractivity contribution is -0.136. The van der Waals surface area contributed by atoms with Crippen molar-refractivity contribution < 1.29 is 22.6 Å². The van der Waals surface area contributed by atoms with E-state index in [0.29, 0.717) is 22.7 Å². The van der Waals surface area contributed by atoms with E-state index in [1.807, 2.05) is 6.07 Å². The molecule has 0 aliphatic rings. The van der Waals surface area contributed by atoms with Crippen LogP contribution in [-0.2, 0) is 6.18 Å². The van der Waals surface area contributed by atoms with Crippen LogP contribution in [0.15, 0.2) is 54.6 Å². The lowest BCUT2D eigenvalue weighted by atomic mass is 10.0. The van der Waals surface area contributed by atoms with Crippen LogP contribution in [0.25, 0.3) is 28.0 Å². The molecule has 0 bridgehead atoms. The summed E-state index contributed by atoms with van der Waals surface area (Å²) in [5.41, 5.74) is 0.870. The molecule has 0 aliphatic heterocycles. The van der Waals surface area contributed by atoms with Gasteiger partial charge in [-0.05, 0) is 43.3 Å².